The lowest BCUT2D eigenvalue weighted by molar-refractivity contribution is 0.755. The molecule has 0 saturated carbocycles. The van der Waals surface area contributed by atoms with Gasteiger partial charge in [-0.1, -0.05) is 48.6 Å². The van der Waals surface area contributed by atoms with Crippen LogP contribution in [-0.4, -0.2) is 0 Å². The molecule has 0 saturated heterocycles. The van der Waals surface area contributed by atoms with E-state index in [0.29, 0.717) is 0 Å². The standard InChI is InChI=1S/C14H13N/c15-11-13-9-5-2-6-10-14(13)12-7-3-1-4-8-12/h1-4,6-8,10,13H,5,9H2. The molecule has 74 valence electrons. The van der Waals surface area contributed by atoms with E-state index >= 15 is 0 Å². The molecule has 0 radical (unpaired) electrons. The van der Waals surface area contributed by atoms with Crippen molar-refractivity contribution in [3.8, 4) is 6.07 Å². The van der Waals surface area contributed by atoms with Gasteiger partial charge in [0.1, 0.15) is 0 Å². The molecule has 1 aliphatic carbocycles. The van der Waals surface area contributed by atoms with E-state index in [1.165, 1.54) is 0 Å². The molecule has 0 N–H and O–H groups in total. The SMILES string of the molecule is N#CC1CCC=CC=C1c1ccccc1. The van der Waals surface area contributed by atoms with Crippen molar-refractivity contribution in [3.05, 3.63) is 54.1 Å². The first kappa shape index (κ1) is 9.73. The largest absolute Gasteiger partial charge is 0.198 e. The molecular formula is C14H13N. The van der Waals surface area contributed by atoms with Crippen LogP contribution in [0.25, 0.3) is 5.57 Å². The van der Waals surface area contributed by atoms with Crippen molar-refractivity contribution in [1.29, 1.82) is 5.26 Å². The summed E-state index contributed by atoms with van der Waals surface area (Å²) < 4.78 is 0. The maximum atomic E-state index is 9.13. The predicted octanol–water partition coefficient (Wildman–Crippen LogP) is 3.56. The number of hydrogen-bond acceptors (Lipinski definition) is 1. The van der Waals surface area contributed by atoms with E-state index in [1.807, 2.05) is 18.2 Å². The summed E-state index contributed by atoms with van der Waals surface area (Å²) in [6.07, 6.45) is 8.16. The molecule has 2 rings (SSSR count). The molecule has 15 heavy (non-hydrogen) atoms. The Bertz CT molecular complexity index is 420. The molecule has 1 atom stereocenters. The quantitative estimate of drug-likeness (QED) is 0.672. The molecular weight excluding hydrogens is 182 g/mol. The number of allylic oxidation sites excluding steroid dienone is 4. The lowest BCUT2D eigenvalue weighted by Gasteiger charge is -2.11. The third-order valence-corrected chi connectivity index (χ3v) is 2.67. The van der Waals surface area contributed by atoms with Crippen LogP contribution >= 0.6 is 0 Å². The smallest absolute Gasteiger partial charge is 0.0721 e. The monoisotopic (exact) mass is 195 g/mol. The van der Waals surface area contributed by atoms with Gasteiger partial charge in [-0.2, -0.15) is 5.26 Å². The number of nitriles is 1. The van der Waals surface area contributed by atoms with Gasteiger partial charge in [0.05, 0.1) is 12.0 Å². The summed E-state index contributed by atoms with van der Waals surface area (Å²) in [5.74, 6) is 0.0300. The van der Waals surface area contributed by atoms with E-state index in [0.717, 1.165) is 24.0 Å². The van der Waals surface area contributed by atoms with Crippen LogP contribution in [0.15, 0.2) is 48.6 Å². The lowest BCUT2D eigenvalue weighted by atomic mass is 9.91. The van der Waals surface area contributed by atoms with Crippen molar-refractivity contribution in [2.24, 2.45) is 5.92 Å². The first-order chi connectivity index (χ1) is 7.42. The molecule has 1 nitrogen and oxygen atoms in total. The number of hydrogen-bond donors (Lipinski definition) is 0. The molecule has 1 heteroatoms. The molecule has 0 spiro atoms. The third-order valence-electron chi connectivity index (χ3n) is 2.67. The Hall–Kier alpha value is -1.81. The molecule has 1 aromatic rings. The molecule has 0 aromatic heterocycles. The highest BCUT2D eigenvalue weighted by Gasteiger charge is 2.15. The van der Waals surface area contributed by atoms with E-state index in [9.17, 15) is 0 Å². The topological polar surface area (TPSA) is 23.8 Å². The van der Waals surface area contributed by atoms with E-state index in [4.69, 9.17) is 5.26 Å². The molecule has 0 fully saturated rings. The minimum atomic E-state index is 0.0300. The zero-order valence-electron chi connectivity index (χ0n) is 8.56. The summed E-state index contributed by atoms with van der Waals surface area (Å²) in [6, 6.07) is 12.5. The van der Waals surface area contributed by atoms with Gasteiger partial charge in [-0.3, -0.25) is 0 Å². The van der Waals surface area contributed by atoms with Gasteiger partial charge in [0.25, 0.3) is 0 Å². The van der Waals surface area contributed by atoms with E-state index < -0.39 is 0 Å². The summed E-state index contributed by atoms with van der Waals surface area (Å²) in [4.78, 5) is 0. The van der Waals surface area contributed by atoms with E-state index in [1.54, 1.807) is 0 Å². The maximum Gasteiger partial charge on any atom is 0.0721 e. The highest BCUT2D eigenvalue weighted by molar-refractivity contribution is 5.71. The maximum absolute atomic E-state index is 9.13. The van der Waals surface area contributed by atoms with Gasteiger partial charge in [0, 0.05) is 0 Å². The molecule has 0 aliphatic heterocycles. The van der Waals surface area contributed by atoms with Gasteiger partial charge in [-0.25, -0.2) is 0 Å². The molecule has 0 amide bonds. The van der Waals surface area contributed by atoms with Crippen molar-refractivity contribution in [1.82, 2.24) is 0 Å². The first-order valence-electron chi connectivity index (χ1n) is 5.23. The average Bonchev–Trinajstić information content (AvgIpc) is 2.55. The van der Waals surface area contributed by atoms with Crippen LogP contribution in [0.3, 0.4) is 0 Å². The highest BCUT2D eigenvalue weighted by Crippen LogP contribution is 2.28. The van der Waals surface area contributed by atoms with Crippen LogP contribution in [-0.2, 0) is 0 Å². The van der Waals surface area contributed by atoms with Crippen LogP contribution in [0.2, 0.25) is 0 Å². The average molecular weight is 195 g/mol. The van der Waals surface area contributed by atoms with Gasteiger partial charge < -0.3 is 0 Å². The van der Waals surface area contributed by atoms with Crippen LogP contribution in [0, 0.1) is 17.2 Å². The van der Waals surface area contributed by atoms with Gasteiger partial charge in [-0.15, -0.1) is 0 Å². The Balaban J connectivity index is 2.37. The number of rotatable bonds is 1. The van der Waals surface area contributed by atoms with Crippen molar-refractivity contribution in [2.45, 2.75) is 12.8 Å². The summed E-state index contributed by atoms with van der Waals surface area (Å²) in [6.45, 7) is 0. The minimum Gasteiger partial charge on any atom is -0.198 e. The Labute approximate surface area is 90.4 Å². The normalized spacial score (nSPS) is 20.2. The van der Waals surface area contributed by atoms with Crippen molar-refractivity contribution >= 4 is 5.57 Å². The third kappa shape index (κ3) is 2.16. The summed E-state index contributed by atoms with van der Waals surface area (Å²) in [7, 11) is 0. The first-order valence-corrected chi connectivity index (χ1v) is 5.23. The molecule has 1 unspecified atom stereocenters. The number of benzene rings is 1. The van der Waals surface area contributed by atoms with Gasteiger partial charge >= 0.3 is 0 Å². The van der Waals surface area contributed by atoms with Gasteiger partial charge in [0.15, 0.2) is 0 Å². The summed E-state index contributed by atoms with van der Waals surface area (Å²) in [5, 5.41) is 9.13. The Morgan fingerprint density at radius 1 is 1.20 bits per heavy atom. The van der Waals surface area contributed by atoms with E-state index in [-0.39, 0.29) is 5.92 Å². The fourth-order valence-electron chi connectivity index (χ4n) is 1.86. The second-order valence-electron chi connectivity index (χ2n) is 3.68. The Morgan fingerprint density at radius 2 is 2.00 bits per heavy atom. The van der Waals surface area contributed by atoms with Crippen LogP contribution in [0.4, 0.5) is 0 Å². The Morgan fingerprint density at radius 3 is 2.73 bits per heavy atom. The van der Waals surface area contributed by atoms with Crippen molar-refractivity contribution < 1.29 is 0 Å². The van der Waals surface area contributed by atoms with Crippen LogP contribution in [0.1, 0.15) is 18.4 Å². The highest BCUT2D eigenvalue weighted by atomic mass is 14.3. The molecule has 0 bridgehead atoms. The summed E-state index contributed by atoms with van der Waals surface area (Å²) in [5.41, 5.74) is 2.31. The lowest BCUT2D eigenvalue weighted by Crippen LogP contribution is -1.99. The zero-order valence-corrected chi connectivity index (χ0v) is 8.56. The minimum absolute atomic E-state index is 0.0300. The fraction of sp³-hybridized carbons (Fsp3) is 0.214. The zero-order chi connectivity index (χ0) is 10.5. The van der Waals surface area contributed by atoms with Crippen LogP contribution in [0.5, 0.6) is 0 Å². The molecule has 0 heterocycles. The fourth-order valence-corrected chi connectivity index (χ4v) is 1.86. The predicted molar refractivity (Wildman–Crippen MR) is 61.9 cm³/mol. The van der Waals surface area contributed by atoms with Crippen molar-refractivity contribution in [2.75, 3.05) is 0 Å². The van der Waals surface area contributed by atoms with Crippen molar-refractivity contribution in [3.63, 3.8) is 0 Å². The van der Waals surface area contributed by atoms with Gasteiger partial charge in [-0.05, 0) is 24.0 Å². The van der Waals surface area contributed by atoms with E-state index in [2.05, 4.69) is 36.4 Å². The second kappa shape index (κ2) is 4.61. The molecule has 1 aliphatic rings. The van der Waals surface area contributed by atoms with Gasteiger partial charge in [0.2, 0.25) is 0 Å². The van der Waals surface area contributed by atoms with Crippen LogP contribution < -0.4 is 0 Å². The second-order valence-corrected chi connectivity index (χ2v) is 3.68. The summed E-state index contributed by atoms with van der Waals surface area (Å²) >= 11 is 0. The number of nitrogens with zero attached hydrogens (tertiary/aromatic N) is 1. The Kier molecular flexibility index (Phi) is 2.99. The molecule has 1 aromatic carbocycles.